The molecule has 2 amide bonds. The molecule has 3 saturated heterocycles. The van der Waals surface area contributed by atoms with Crippen LogP contribution in [0.4, 0.5) is 4.79 Å². The Labute approximate surface area is 209 Å². The Kier molecular flexibility index (Phi) is 7.72. The minimum absolute atomic E-state index is 0.0106. The third-order valence-corrected chi connectivity index (χ3v) is 8.46. The van der Waals surface area contributed by atoms with Gasteiger partial charge in [0, 0.05) is 64.2 Å². The van der Waals surface area contributed by atoms with Crippen LogP contribution in [0.15, 0.2) is 18.2 Å². The number of carbonyl (C=O) groups excluding carboxylic acids is 2. The minimum Gasteiger partial charge on any atom is -0.465 e. The summed E-state index contributed by atoms with van der Waals surface area (Å²) >= 11 is 12.3. The van der Waals surface area contributed by atoms with Crippen molar-refractivity contribution in [3.05, 3.63) is 33.8 Å². The number of hydrogen-bond donors (Lipinski definition) is 2. The molecule has 8 nitrogen and oxygen atoms in total. The zero-order valence-corrected chi connectivity index (χ0v) is 20.8. The summed E-state index contributed by atoms with van der Waals surface area (Å²) in [5, 5.41) is 13.9. The average molecular weight is 512 g/mol. The van der Waals surface area contributed by atoms with E-state index in [2.05, 4.69) is 5.32 Å². The lowest BCUT2D eigenvalue weighted by Gasteiger charge is -2.44. The number of halogens is 2. The number of nitrogens with zero attached hydrogens (tertiary/aromatic N) is 2. The summed E-state index contributed by atoms with van der Waals surface area (Å²) in [6.45, 7) is 2.90. The van der Waals surface area contributed by atoms with Gasteiger partial charge in [-0.25, -0.2) is 4.79 Å². The Morgan fingerprint density at radius 1 is 1.09 bits per heavy atom. The second kappa shape index (κ2) is 10.4. The van der Waals surface area contributed by atoms with Gasteiger partial charge in [-0.1, -0.05) is 29.3 Å². The quantitative estimate of drug-likeness (QED) is 0.629. The molecule has 3 aliphatic rings. The molecule has 0 saturated carbocycles. The van der Waals surface area contributed by atoms with E-state index in [0.717, 1.165) is 23.3 Å². The fourth-order valence-electron chi connectivity index (χ4n) is 5.69. The van der Waals surface area contributed by atoms with E-state index in [1.54, 1.807) is 18.2 Å². The highest BCUT2D eigenvalue weighted by Crippen LogP contribution is 2.42. The number of nitrogens with one attached hydrogen (secondary N) is 1. The Bertz CT molecular complexity index is 947. The van der Waals surface area contributed by atoms with Gasteiger partial charge in [0.15, 0.2) is 5.78 Å². The number of likely N-dealkylation sites (tertiary alicyclic amines) is 1. The predicted octanol–water partition coefficient (Wildman–Crippen LogP) is 3.26. The van der Waals surface area contributed by atoms with Crippen molar-refractivity contribution < 1.29 is 24.2 Å². The van der Waals surface area contributed by atoms with E-state index >= 15 is 0 Å². The number of Topliss-reactive ketones (excluding diaryl/α,β-unsaturated/α-hetero) is 1. The molecule has 0 aromatic heterocycles. The normalized spacial score (nSPS) is 26.4. The Morgan fingerprint density at radius 3 is 2.38 bits per heavy atom. The molecule has 3 aliphatic heterocycles. The molecule has 1 aromatic carbocycles. The van der Waals surface area contributed by atoms with Crippen LogP contribution in [-0.4, -0.2) is 84.7 Å². The molecule has 3 fully saturated rings. The van der Waals surface area contributed by atoms with Gasteiger partial charge in [-0.05, 0) is 43.4 Å². The van der Waals surface area contributed by atoms with Gasteiger partial charge >= 0.3 is 6.09 Å². The van der Waals surface area contributed by atoms with Crippen molar-refractivity contribution in [3.8, 4) is 0 Å². The number of ether oxygens (including phenoxy) is 1. The summed E-state index contributed by atoms with van der Waals surface area (Å²) in [7, 11) is 1.46. The molecule has 4 rings (SSSR count). The molecule has 0 bridgehead atoms. The maximum atomic E-state index is 14.1. The molecule has 0 unspecified atom stereocenters. The summed E-state index contributed by atoms with van der Waals surface area (Å²) < 4.78 is 5.37. The Balaban J connectivity index is 1.54. The summed E-state index contributed by atoms with van der Waals surface area (Å²) in [6, 6.07) is 5.20. The van der Waals surface area contributed by atoms with E-state index < -0.39 is 17.6 Å². The maximum Gasteiger partial charge on any atom is 0.407 e. The second-order valence-corrected chi connectivity index (χ2v) is 10.3. The van der Waals surface area contributed by atoms with Crippen LogP contribution in [0.1, 0.15) is 37.2 Å². The molecule has 0 aliphatic carbocycles. The number of carboxylic acid groups (broad SMARTS) is 1. The van der Waals surface area contributed by atoms with Crippen molar-refractivity contribution in [1.29, 1.82) is 0 Å². The fraction of sp³-hybridized carbons (Fsp3) is 0.625. The van der Waals surface area contributed by atoms with Gasteiger partial charge in [0.2, 0.25) is 5.91 Å². The van der Waals surface area contributed by atoms with E-state index in [-0.39, 0.29) is 30.1 Å². The first kappa shape index (κ1) is 25.2. The largest absolute Gasteiger partial charge is 0.465 e. The van der Waals surface area contributed by atoms with Crippen molar-refractivity contribution in [2.24, 2.45) is 11.8 Å². The number of likely N-dealkylation sites (N-methyl/N-ethyl adjacent to an activating group) is 1. The third kappa shape index (κ3) is 4.65. The zero-order chi connectivity index (χ0) is 24.5. The van der Waals surface area contributed by atoms with Crippen LogP contribution in [0.25, 0.3) is 0 Å². The van der Waals surface area contributed by atoms with Crippen molar-refractivity contribution in [2.75, 3.05) is 46.4 Å². The van der Waals surface area contributed by atoms with Gasteiger partial charge in [-0.15, -0.1) is 0 Å². The van der Waals surface area contributed by atoms with Crippen LogP contribution in [0.5, 0.6) is 0 Å². The molecule has 186 valence electrons. The minimum atomic E-state index is -1.26. The molecule has 0 spiro atoms. The van der Waals surface area contributed by atoms with Crippen molar-refractivity contribution >= 4 is 41.0 Å². The highest BCUT2D eigenvalue weighted by atomic mass is 35.5. The number of piperidine rings is 1. The molecule has 2 atom stereocenters. The number of carbonyl (C=O) groups is 3. The predicted molar refractivity (Wildman–Crippen MR) is 128 cm³/mol. The van der Waals surface area contributed by atoms with Gasteiger partial charge in [0.05, 0.1) is 10.0 Å². The van der Waals surface area contributed by atoms with Crippen LogP contribution in [0.3, 0.4) is 0 Å². The van der Waals surface area contributed by atoms with Gasteiger partial charge in [-0.3, -0.25) is 14.5 Å². The monoisotopic (exact) mass is 511 g/mol. The molecule has 34 heavy (non-hydrogen) atoms. The molecule has 10 heteroatoms. The number of amides is 2. The number of rotatable bonds is 5. The van der Waals surface area contributed by atoms with Crippen LogP contribution in [-0.2, 0) is 14.3 Å². The summed E-state index contributed by atoms with van der Waals surface area (Å²) in [5.41, 5.74) is -0.492. The van der Waals surface area contributed by atoms with Gasteiger partial charge < -0.3 is 20.1 Å². The van der Waals surface area contributed by atoms with Crippen molar-refractivity contribution in [2.45, 2.75) is 37.1 Å². The lowest BCUT2D eigenvalue weighted by atomic mass is 9.72. The molecule has 3 heterocycles. The van der Waals surface area contributed by atoms with Gasteiger partial charge in [-0.2, -0.15) is 0 Å². The van der Waals surface area contributed by atoms with Gasteiger partial charge in [0.1, 0.15) is 5.54 Å². The molecule has 0 radical (unpaired) electrons. The zero-order valence-electron chi connectivity index (χ0n) is 19.3. The topological polar surface area (TPSA) is 99.2 Å². The molecular formula is C24H31Cl2N3O5. The lowest BCUT2D eigenvalue weighted by Crippen LogP contribution is -2.62. The van der Waals surface area contributed by atoms with E-state index in [1.807, 2.05) is 4.90 Å². The summed E-state index contributed by atoms with van der Waals surface area (Å²) in [4.78, 5) is 42.1. The SMILES string of the molecule is CN(C(=O)O)[C@@]1(C(=O)C2CCN(C(=O)C3CCOCC3)CC2)CNC[C@@H]1c1ccc(Cl)c(Cl)c1. The number of hydrogen-bond acceptors (Lipinski definition) is 5. The van der Waals surface area contributed by atoms with E-state index in [9.17, 15) is 19.5 Å². The van der Waals surface area contributed by atoms with Crippen LogP contribution >= 0.6 is 23.2 Å². The van der Waals surface area contributed by atoms with Gasteiger partial charge in [0.25, 0.3) is 0 Å². The highest BCUT2D eigenvalue weighted by molar-refractivity contribution is 6.42. The van der Waals surface area contributed by atoms with Crippen molar-refractivity contribution in [3.63, 3.8) is 0 Å². The number of ketones is 1. The Morgan fingerprint density at radius 2 is 1.76 bits per heavy atom. The van der Waals surface area contributed by atoms with Crippen molar-refractivity contribution in [1.82, 2.24) is 15.1 Å². The first-order valence-electron chi connectivity index (χ1n) is 11.8. The molecular weight excluding hydrogens is 481 g/mol. The summed E-state index contributed by atoms with van der Waals surface area (Å²) in [6.07, 6.45) is 1.37. The van der Waals surface area contributed by atoms with Crippen LogP contribution in [0, 0.1) is 11.8 Å². The Hall–Kier alpha value is -1.87. The maximum absolute atomic E-state index is 14.1. The first-order chi connectivity index (χ1) is 16.3. The van der Waals surface area contributed by atoms with Crippen LogP contribution < -0.4 is 5.32 Å². The third-order valence-electron chi connectivity index (χ3n) is 7.73. The number of benzene rings is 1. The first-order valence-corrected chi connectivity index (χ1v) is 12.5. The van der Waals surface area contributed by atoms with Crippen LogP contribution in [0.2, 0.25) is 10.0 Å². The summed E-state index contributed by atoms with van der Waals surface area (Å²) in [5.74, 6) is -0.702. The standard InChI is InChI=1S/C24H31Cl2N3O5/c1-28(23(32)33)24(14-27-13-18(24)17-2-3-19(25)20(26)12-17)21(30)15-4-8-29(9-5-15)22(31)16-6-10-34-11-7-16/h2-3,12,15-16,18,27H,4-11,13-14H2,1H3,(H,32,33)/t18-,24+/m1/s1. The fourth-order valence-corrected chi connectivity index (χ4v) is 5.99. The molecule has 1 aromatic rings. The van der Waals surface area contributed by atoms with E-state index in [0.29, 0.717) is 55.7 Å². The highest BCUT2D eigenvalue weighted by Gasteiger charge is 2.56. The second-order valence-electron chi connectivity index (χ2n) is 9.47. The molecule has 2 N–H and O–H groups in total. The smallest absolute Gasteiger partial charge is 0.407 e. The van der Waals surface area contributed by atoms with E-state index in [4.69, 9.17) is 27.9 Å². The average Bonchev–Trinajstić information content (AvgIpc) is 3.31. The lowest BCUT2D eigenvalue weighted by molar-refractivity contribution is -0.143. The van der Waals surface area contributed by atoms with E-state index in [1.165, 1.54) is 7.05 Å².